The van der Waals surface area contributed by atoms with Gasteiger partial charge in [0.15, 0.2) is 5.78 Å². The minimum Gasteiger partial charge on any atom is -0.486 e. The Morgan fingerprint density at radius 3 is 2.46 bits per heavy atom. The van der Waals surface area contributed by atoms with E-state index in [1.165, 1.54) is 12.1 Å². The summed E-state index contributed by atoms with van der Waals surface area (Å²) in [5, 5.41) is 0. The fraction of sp³-hybridized carbons (Fsp3) is 0.556. The SMILES string of the molecule is [CH2]CCOC1CCCCC1C(=O)COc1ccc(C(F)(F)F)cc1. The van der Waals surface area contributed by atoms with Crippen molar-refractivity contribution < 1.29 is 27.4 Å². The summed E-state index contributed by atoms with van der Waals surface area (Å²) in [4.78, 5) is 12.4. The summed E-state index contributed by atoms with van der Waals surface area (Å²) in [6.45, 7) is 4.10. The van der Waals surface area contributed by atoms with Gasteiger partial charge in [-0.15, -0.1) is 0 Å². The number of carbonyl (C=O) groups is 1. The number of ether oxygens (including phenoxy) is 2. The second-order valence-corrected chi connectivity index (χ2v) is 5.93. The Morgan fingerprint density at radius 1 is 1.17 bits per heavy atom. The van der Waals surface area contributed by atoms with Gasteiger partial charge in [-0.05, 0) is 43.5 Å². The maximum Gasteiger partial charge on any atom is 0.416 e. The highest BCUT2D eigenvalue weighted by molar-refractivity contribution is 5.83. The molecule has 1 radical (unpaired) electrons. The first-order chi connectivity index (χ1) is 11.4. The van der Waals surface area contributed by atoms with E-state index < -0.39 is 11.7 Å². The second-order valence-electron chi connectivity index (χ2n) is 5.93. The summed E-state index contributed by atoms with van der Waals surface area (Å²) >= 11 is 0. The van der Waals surface area contributed by atoms with Gasteiger partial charge >= 0.3 is 6.18 Å². The largest absolute Gasteiger partial charge is 0.486 e. The predicted octanol–water partition coefficient (Wildman–Crippen LogP) is 4.45. The normalized spacial score (nSPS) is 21.5. The maximum absolute atomic E-state index is 12.5. The third-order valence-corrected chi connectivity index (χ3v) is 4.16. The number of hydrogen-bond donors (Lipinski definition) is 0. The molecular weight excluding hydrogens is 321 g/mol. The molecule has 2 atom stereocenters. The van der Waals surface area contributed by atoms with Crippen molar-refractivity contribution >= 4 is 5.78 Å². The Bertz CT molecular complexity index is 525. The molecule has 0 spiro atoms. The first-order valence-electron chi connectivity index (χ1n) is 8.15. The smallest absolute Gasteiger partial charge is 0.416 e. The van der Waals surface area contributed by atoms with Crippen molar-refractivity contribution in [2.75, 3.05) is 13.2 Å². The Kier molecular flexibility index (Phi) is 6.66. The van der Waals surface area contributed by atoms with Crippen molar-refractivity contribution in [2.24, 2.45) is 5.92 Å². The fourth-order valence-corrected chi connectivity index (χ4v) is 2.90. The van der Waals surface area contributed by atoms with Crippen LogP contribution in [0.2, 0.25) is 0 Å². The minimum atomic E-state index is -4.38. The molecule has 2 rings (SSSR count). The van der Waals surface area contributed by atoms with E-state index in [4.69, 9.17) is 9.47 Å². The molecule has 6 heteroatoms. The molecule has 1 saturated carbocycles. The Labute approximate surface area is 140 Å². The Hall–Kier alpha value is -1.56. The molecule has 0 heterocycles. The molecule has 1 aromatic carbocycles. The van der Waals surface area contributed by atoms with E-state index in [2.05, 4.69) is 6.92 Å². The van der Waals surface area contributed by atoms with Crippen LogP contribution in [0, 0.1) is 12.8 Å². The number of halogens is 3. The molecule has 1 fully saturated rings. The zero-order valence-corrected chi connectivity index (χ0v) is 13.5. The van der Waals surface area contributed by atoms with Gasteiger partial charge in [0.1, 0.15) is 12.4 Å². The molecule has 133 valence electrons. The summed E-state index contributed by atoms with van der Waals surface area (Å²) in [6, 6.07) is 4.35. The topological polar surface area (TPSA) is 35.5 Å². The highest BCUT2D eigenvalue weighted by atomic mass is 19.4. The van der Waals surface area contributed by atoms with Gasteiger partial charge in [0.2, 0.25) is 0 Å². The predicted molar refractivity (Wildman–Crippen MR) is 83.6 cm³/mol. The Balaban J connectivity index is 1.89. The third kappa shape index (κ3) is 5.23. The summed E-state index contributed by atoms with van der Waals surface area (Å²) in [5.41, 5.74) is -0.741. The highest BCUT2D eigenvalue weighted by Gasteiger charge is 2.32. The van der Waals surface area contributed by atoms with Crippen LogP contribution in [0.4, 0.5) is 13.2 Å². The van der Waals surface area contributed by atoms with Crippen LogP contribution in [-0.2, 0) is 15.7 Å². The summed E-state index contributed by atoms with van der Waals surface area (Å²) < 4.78 is 48.6. The second kappa shape index (κ2) is 8.51. The lowest BCUT2D eigenvalue weighted by molar-refractivity contribution is -0.137. The molecular formula is C18H22F3O3. The van der Waals surface area contributed by atoms with Crippen LogP contribution in [0.1, 0.15) is 37.7 Å². The Morgan fingerprint density at radius 2 is 1.83 bits per heavy atom. The van der Waals surface area contributed by atoms with E-state index in [1.54, 1.807) is 0 Å². The van der Waals surface area contributed by atoms with Crippen molar-refractivity contribution in [1.29, 1.82) is 0 Å². The molecule has 24 heavy (non-hydrogen) atoms. The minimum absolute atomic E-state index is 0.0661. The lowest BCUT2D eigenvalue weighted by Crippen LogP contribution is -2.36. The van der Waals surface area contributed by atoms with Crippen LogP contribution in [-0.4, -0.2) is 25.1 Å². The number of alkyl halides is 3. The lowest BCUT2D eigenvalue weighted by Gasteiger charge is -2.30. The molecule has 2 unspecified atom stereocenters. The number of hydrogen-bond acceptors (Lipinski definition) is 3. The first kappa shape index (κ1) is 18.8. The zero-order chi connectivity index (χ0) is 17.6. The van der Waals surface area contributed by atoms with Gasteiger partial charge in [-0.2, -0.15) is 13.2 Å². The van der Waals surface area contributed by atoms with Gasteiger partial charge < -0.3 is 9.47 Å². The molecule has 1 aromatic rings. The quantitative estimate of drug-likeness (QED) is 0.734. The van der Waals surface area contributed by atoms with Crippen LogP contribution < -0.4 is 4.74 Å². The number of benzene rings is 1. The first-order valence-corrected chi connectivity index (χ1v) is 8.15. The molecule has 1 aliphatic carbocycles. The zero-order valence-electron chi connectivity index (χ0n) is 13.5. The van der Waals surface area contributed by atoms with Crippen LogP contribution in [0.5, 0.6) is 5.75 Å². The molecule has 0 N–H and O–H groups in total. The molecule has 0 amide bonds. The van der Waals surface area contributed by atoms with Crippen molar-refractivity contribution in [3.63, 3.8) is 0 Å². The van der Waals surface area contributed by atoms with E-state index in [9.17, 15) is 18.0 Å². The number of ketones is 1. The molecule has 1 aliphatic rings. The van der Waals surface area contributed by atoms with E-state index in [0.29, 0.717) is 13.0 Å². The molecule has 3 nitrogen and oxygen atoms in total. The van der Waals surface area contributed by atoms with Gasteiger partial charge in [-0.25, -0.2) is 0 Å². The van der Waals surface area contributed by atoms with E-state index in [1.807, 2.05) is 0 Å². The van der Waals surface area contributed by atoms with E-state index in [-0.39, 0.29) is 30.2 Å². The van der Waals surface area contributed by atoms with Crippen molar-refractivity contribution in [3.8, 4) is 5.75 Å². The molecule has 0 saturated heterocycles. The van der Waals surface area contributed by atoms with E-state index in [0.717, 1.165) is 37.8 Å². The van der Waals surface area contributed by atoms with Crippen molar-refractivity contribution in [3.05, 3.63) is 36.8 Å². The van der Waals surface area contributed by atoms with Crippen LogP contribution in [0.15, 0.2) is 24.3 Å². The standard InChI is InChI=1S/C18H22F3O3/c1-2-11-23-17-6-4-3-5-15(17)16(22)12-24-14-9-7-13(8-10-14)18(19,20)21/h7-10,15,17H,1-6,11-12H2. The van der Waals surface area contributed by atoms with Gasteiger partial charge in [0, 0.05) is 12.5 Å². The van der Waals surface area contributed by atoms with Crippen molar-refractivity contribution in [2.45, 2.75) is 44.4 Å². The monoisotopic (exact) mass is 343 g/mol. The van der Waals surface area contributed by atoms with Crippen molar-refractivity contribution in [1.82, 2.24) is 0 Å². The highest BCUT2D eigenvalue weighted by Crippen LogP contribution is 2.31. The average Bonchev–Trinajstić information content (AvgIpc) is 2.57. The molecule has 0 aromatic heterocycles. The van der Waals surface area contributed by atoms with Crippen LogP contribution in [0.3, 0.4) is 0 Å². The van der Waals surface area contributed by atoms with Gasteiger partial charge in [-0.3, -0.25) is 4.79 Å². The fourth-order valence-electron chi connectivity index (χ4n) is 2.90. The molecule has 0 aliphatic heterocycles. The van der Waals surface area contributed by atoms with Gasteiger partial charge in [0.25, 0.3) is 0 Å². The van der Waals surface area contributed by atoms with Gasteiger partial charge in [-0.1, -0.05) is 19.8 Å². The number of carbonyl (C=O) groups excluding carboxylic acids is 1. The van der Waals surface area contributed by atoms with Crippen LogP contribution >= 0.6 is 0 Å². The number of rotatable bonds is 7. The van der Waals surface area contributed by atoms with E-state index >= 15 is 0 Å². The number of Topliss-reactive ketones (excluding diaryl/α,β-unsaturated/α-hetero) is 1. The summed E-state index contributed by atoms with van der Waals surface area (Å²) in [5.74, 6) is -0.0224. The summed E-state index contributed by atoms with van der Waals surface area (Å²) in [6.07, 6.45) is -0.224. The van der Waals surface area contributed by atoms with Gasteiger partial charge in [0.05, 0.1) is 11.7 Å². The van der Waals surface area contributed by atoms with Crippen LogP contribution in [0.25, 0.3) is 0 Å². The lowest BCUT2D eigenvalue weighted by atomic mass is 9.83. The molecule has 0 bridgehead atoms. The third-order valence-electron chi connectivity index (χ3n) is 4.16. The maximum atomic E-state index is 12.5. The summed E-state index contributed by atoms with van der Waals surface area (Å²) in [7, 11) is 0. The average molecular weight is 343 g/mol.